The molecule has 1 aromatic heterocycles. The van der Waals surface area contributed by atoms with E-state index in [2.05, 4.69) is 20.2 Å². The first-order chi connectivity index (χ1) is 15.9. The maximum absolute atomic E-state index is 12.8. The number of thioether (sulfide) groups is 1. The maximum Gasteiger partial charge on any atom is 0.308 e. The van der Waals surface area contributed by atoms with Gasteiger partial charge in [-0.25, -0.2) is 8.42 Å². The molecule has 0 spiro atoms. The zero-order valence-electron chi connectivity index (χ0n) is 17.5. The van der Waals surface area contributed by atoms with Crippen LogP contribution in [0.4, 0.5) is 5.69 Å². The smallest absolute Gasteiger partial charge is 0.308 e. The van der Waals surface area contributed by atoms with Gasteiger partial charge in [0.2, 0.25) is 5.16 Å². The van der Waals surface area contributed by atoms with Crippen molar-refractivity contribution in [3.8, 4) is 11.4 Å². The largest absolute Gasteiger partial charge is 0.427 e. The first-order valence-corrected chi connectivity index (χ1v) is 12.2. The lowest BCUT2D eigenvalue weighted by molar-refractivity contribution is -0.131. The van der Waals surface area contributed by atoms with Gasteiger partial charge in [0.05, 0.1) is 16.3 Å². The fraction of sp³-hybridized carbons (Fsp3) is 0.0909. The summed E-state index contributed by atoms with van der Waals surface area (Å²) in [6.45, 7) is 1.35. The molecular weight excluding hydrogens is 462 g/mol. The molecule has 0 amide bonds. The molecule has 0 aliphatic heterocycles. The number of tetrazole rings is 1. The van der Waals surface area contributed by atoms with E-state index < -0.39 is 10.0 Å². The van der Waals surface area contributed by atoms with Gasteiger partial charge in [-0.2, -0.15) is 4.68 Å². The molecule has 3 aromatic carbocycles. The quantitative estimate of drug-likeness (QED) is 0.230. The van der Waals surface area contributed by atoms with Crippen molar-refractivity contribution in [3.63, 3.8) is 0 Å². The zero-order valence-corrected chi connectivity index (χ0v) is 19.1. The number of benzene rings is 3. The summed E-state index contributed by atoms with van der Waals surface area (Å²) in [7, 11) is -3.78. The number of carbonyl (C=O) groups excluding carboxylic acids is 1. The fourth-order valence-electron chi connectivity index (χ4n) is 2.94. The molecule has 4 rings (SSSR count). The number of ether oxygens (including phenoxy) is 1. The Kier molecular flexibility index (Phi) is 6.71. The summed E-state index contributed by atoms with van der Waals surface area (Å²) in [5, 5.41) is 12.4. The maximum atomic E-state index is 12.8. The van der Waals surface area contributed by atoms with E-state index >= 15 is 0 Å². The van der Waals surface area contributed by atoms with Crippen molar-refractivity contribution in [2.75, 3.05) is 4.72 Å². The minimum atomic E-state index is -3.78. The van der Waals surface area contributed by atoms with Crippen LogP contribution in [-0.2, 0) is 20.6 Å². The second-order valence-electron chi connectivity index (χ2n) is 6.84. The molecular formula is C22H19N5O4S2. The number of anilines is 1. The average molecular weight is 482 g/mol. The lowest BCUT2D eigenvalue weighted by Gasteiger charge is -2.13. The molecule has 1 heterocycles. The molecule has 9 nitrogen and oxygen atoms in total. The second-order valence-corrected chi connectivity index (χ2v) is 9.46. The van der Waals surface area contributed by atoms with Gasteiger partial charge >= 0.3 is 5.97 Å². The van der Waals surface area contributed by atoms with Crippen LogP contribution < -0.4 is 9.46 Å². The number of para-hydroxylation sites is 2. The molecule has 0 aliphatic rings. The van der Waals surface area contributed by atoms with Crippen LogP contribution in [0.15, 0.2) is 88.9 Å². The van der Waals surface area contributed by atoms with Crippen LogP contribution in [0, 0.1) is 0 Å². The van der Waals surface area contributed by atoms with E-state index in [4.69, 9.17) is 4.74 Å². The number of sulfonamides is 1. The van der Waals surface area contributed by atoms with Crippen molar-refractivity contribution in [3.05, 3.63) is 84.4 Å². The van der Waals surface area contributed by atoms with Crippen molar-refractivity contribution >= 4 is 33.4 Å². The summed E-state index contributed by atoms with van der Waals surface area (Å²) in [6.07, 6.45) is 0. The topological polar surface area (TPSA) is 116 Å². The molecule has 0 aliphatic carbocycles. The average Bonchev–Trinajstić information content (AvgIpc) is 3.27. The molecule has 4 aromatic rings. The highest BCUT2D eigenvalue weighted by Gasteiger charge is 2.18. The number of rotatable bonds is 8. The van der Waals surface area contributed by atoms with E-state index in [-0.39, 0.29) is 10.9 Å². The van der Waals surface area contributed by atoms with Gasteiger partial charge in [0.25, 0.3) is 10.0 Å². The van der Waals surface area contributed by atoms with Gasteiger partial charge in [0.15, 0.2) is 0 Å². The number of carbonyl (C=O) groups is 1. The van der Waals surface area contributed by atoms with Gasteiger partial charge in [0, 0.05) is 12.7 Å². The number of aromatic nitrogens is 4. The Morgan fingerprint density at radius 2 is 1.70 bits per heavy atom. The Balaban J connectivity index is 1.54. The predicted molar refractivity (Wildman–Crippen MR) is 124 cm³/mol. The molecule has 11 heteroatoms. The molecule has 0 saturated carbocycles. The van der Waals surface area contributed by atoms with E-state index in [1.807, 2.05) is 12.1 Å². The number of esters is 1. The summed E-state index contributed by atoms with van der Waals surface area (Å²) in [5.74, 6) is 0.650. The van der Waals surface area contributed by atoms with Crippen molar-refractivity contribution < 1.29 is 17.9 Å². The van der Waals surface area contributed by atoms with E-state index in [0.717, 1.165) is 5.56 Å². The lowest BCUT2D eigenvalue weighted by Crippen LogP contribution is -2.15. The van der Waals surface area contributed by atoms with Crippen molar-refractivity contribution in [1.29, 1.82) is 0 Å². The van der Waals surface area contributed by atoms with Crippen LogP contribution in [0.25, 0.3) is 5.69 Å². The summed E-state index contributed by atoms with van der Waals surface area (Å²) >= 11 is 1.39. The van der Waals surface area contributed by atoms with Gasteiger partial charge in [0.1, 0.15) is 5.75 Å². The molecule has 0 bridgehead atoms. The van der Waals surface area contributed by atoms with Gasteiger partial charge in [-0.1, -0.05) is 54.2 Å². The molecule has 0 fully saturated rings. The van der Waals surface area contributed by atoms with Crippen LogP contribution in [0.3, 0.4) is 0 Å². The summed E-state index contributed by atoms with van der Waals surface area (Å²) in [6, 6.07) is 22.1. The highest BCUT2D eigenvalue weighted by Crippen LogP contribution is 2.28. The zero-order chi connectivity index (χ0) is 23.3. The Morgan fingerprint density at radius 3 is 2.42 bits per heavy atom. The molecule has 168 valence electrons. The van der Waals surface area contributed by atoms with E-state index in [1.54, 1.807) is 54.6 Å². The third-order valence-corrected chi connectivity index (χ3v) is 6.80. The molecule has 0 atom stereocenters. The van der Waals surface area contributed by atoms with Gasteiger partial charge in [-0.3, -0.25) is 9.52 Å². The number of hydrogen-bond donors (Lipinski definition) is 1. The summed E-state index contributed by atoms with van der Waals surface area (Å²) < 4.78 is 34.8. The first kappa shape index (κ1) is 22.5. The first-order valence-electron chi connectivity index (χ1n) is 9.78. The van der Waals surface area contributed by atoms with E-state index in [0.29, 0.717) is 28.0 Å². The monoisotopic (exact) mass is 481 g/mol. The highest BCUT2D eigenvalue weighted by atomic mass is 32.2. The van der Waals surface area contributed by atoms with Crippen LogP contribution in [-0.4, -0.2) is 34.6 Å². The molecule has 0 unspecified atom stereocenters. The SMILES string of the molecule is CC(=O)Oc1ccc(CSc2nnnn2-c2ccccc2NS(=O)(=O)c2ccccc2)cc1. The molecule has 0 radical (unpaired) electrons. The minimum Gasteiger partial charge on any atom is -0.427 e. The number of nitrogens with one attached hydrogen (secondary N) is 1. The standard InChI is InChI=1S/C22H19N5O4S2/c1-16(28)31-18-13-11-17(12-14-18)15-32-22-23-25-26-27(22)21-10-6-5-9-20(21)24-33(29,30)19-7-3-2-4-8-19/h2-14,24H,15H2,1H3. The van der Waals surface area contributed by atoms with Crippen molar-refractivity contribution in [2.24, 2.45) is 0 Å². The fourth-order valence-corrected chi connectivity index (χ4v) is 4.87. The Hall–Kier alpha value is -3.70. The molecule has 1 N–H and O–H groups in total. The Morgan fingerprint density at radius 1 is 1.00 bits per heavy atom. The Bertz CT molecular complexity index is 1360. The van der Waals surface area contributed by atoms with Crippen LogP contribution in [0.1, 0.15) is 12.5 Å². The van der Waals surface area contributed by atoms with Crippen LogP contribution >= 0.6 is 11.8 Å². The normalized spacial score (nSPS) is 11.2. The molecule has 33 heavy (non-hydrogen) atoms. The van der Waals surface area contributed by atoms with Gasteiger partial charge in [-0.15, -0.1) is 5.10 Å². The van der Waals surface area contributed by atoms with E-state index in [1.165, 1.54) is 35.5 Å². The van der Waals surface area contributed by atoms with Crippen LogP contribution in [0.5, 0.6) is 5.75 Å². The third kappa shape index (κ3) is 5.57. The highest BCUT2D eigenvalue weighted by molar-refractivity contribution is 7.98. The van der Waals surface area contributed by atoms with Crippen molar-refractivity contribution in [2.45, 2.75) is 22.7 Å². The van der Waals surface area contributed by atoms with Crippen molar-refractivity contribution in [1.82, 2.24) is 20.2 Å². The third-order valence-electron chi connectivity index (χ3n) is 4.42. The lowest BCUT2D eigenvalue weighted by atomic mass is 10.2. The predicted octanol–water partition coefficient (Wildman–Crippen LogP) is 3.68. The number of nitrogens with zero attached hydrogens (tertiary/aromatic N) is 4. The summed E-state index contributed by atoms with van der Waals surface area (Å²) in [5.41, 5.74) is 1.82. The second kappa shape index (κ2) is 9.84. The molecule has 0 saturated heterocycles. The van der Waals surface area contributed by atoms with E-state index in [9.17, 15) is 13.2 Å². The summed E-state index contributed by atoms with van der Waals surface area (Å²) in [4.78, 5) is 11.2. The number of hydrogen-bond acceptors (Lipinski definition) is 8. The Labute approximate surface area is 194 Å². The van der Waals surface area contributed by atoms with Gasteiger partial charge in [-0.05, 0) is 52.4 Å². The minimum absolute atomic E-state index is 0.156. The van der Waals surface area contributed by atoms with Gasteiger partial charge < -0.3 is 4.74 Å². The van der Waals surface area contributed by atoms with Crippen LogP contribution in [0.2, 0.25) is 0 Å².